The fourth-order valence-electron chi connectivity index (χ4n) is 1.95. The number of aryl methyl sites for hydroxylation is 1. The van der Waals surface area contributed by atoms with Crippen LogP contribution in [0, 0.1) is 6.92 Å². The van der Waals surface area contributed by atoms with Crippen LogP contribution in [0.1, 0.15) is 18.1 Å². The molecule has 0 atom stereocenters. The Balaban J connectivity index is 2.06. The van der Waals surface area contributed by atoms with E-state index in [-0.39, 0.29) is 0 Å². The Morgan fingerprint density at radius 1 is 1.15 bits per heavy atom. The van der Waals surface area contributed by atoms with Crippen LogP contribution in [-0.2, 0) is 6.54 Å². The van der Waals surface area contributed by atoms with Gasteiger partial charge in [-0.1, -0.05) is 6.07 Å². The molecular formula is C16H20N2O2. The molecule has 0 radical (unpaired) electrons. The van der Waals surface area contributed by atoms with Crippen molar-refractivity contribution in [3.05, 3.63) is 47.8 Å². The van der Waals surface area contributed by atoms with Crippen LogP contribution in [0.15, 0.2) is 36.7 Å². The zero-order valence-corrected chi connectivity index (χ0v) is 12.1. The van der Waals surface area contributed by atoms with E-state index < -0.39 is 0 Å². The number of nitrogens with zero attached hydrogens (tertiary/aromatic N) is 1. The Bertz CT molecular complexity index is 570. The molecule has 0 bridgehead atoms. The highest BCUT2D eigenvalue weighted by Gasteiger charge is 2.05. The molecule has 106 valence electrons. The molecule has 0 aliphatic heterocycles. The molecule has 0 spiro atoms. The van der Waals surface area contributed by atoms with E-state index >= 15 is 0 Å². The van der Waals surface area contributed by atoms with Gasteiger partial charge in [-0.3, -0.25) is 4.98 Å². The second-order valence-corrected chi connectivity index (χ2v) is 4.52. The molecule has 0 unspecified atom stereocenters. The predicted octanol–water partition coefficient (Wildman–Crippen LogP) is 3.41. The summed E-state index contributed by atoms with van der Waals surface area (Å²) < 4.78 is 10.9. The number of ether oxygens (including phenoxy) is 2. The number of nitrogens with one attached hydrogen (secondary N) is 1. The lowest BCUT2D eigenvalue weighted by Crippen LogP contribution is -2.01. The first-order chi connectivity index (χ1) is 9.72. The third-order valence-corrected chi connectivity index (χ3v) is 2.90. The van der Waals surface area contributed by atoms with Crippen molar-refractivity contribution in [2.45, 2.75) is 20.4 Å². The normalized spacial score (nSPS) is 10.2. The summed E-state index contributed by atoms with van der Waals surface area (Å²) in [6.07, 6.45) is 3.66. The van der Waals surface area contributed by atoms with Gasteiger partial charge >= 0.3 is 0 Å². The van der Waals surface area contributed by atoms with E-state index in [2.05, 4.69) is 16.4 Å². The minimum absolute atomic E-state index is 0.628. The van der Waals surface area contributed by atoms with Crippen molar-refractivity contribution in [2.24, 2.45) is 0 Å². The van der Waals surface area contributed by atoms with Crippen molar-refractivity contribution in [3.8, 4) is 11.5 Å². The molecule has 0 saturated carbocycles. The zero-order valence-electron chi connectivity index (χ0n) is 12.1. The van der Waals surface area contributed by atoms with Crippen LogP contribution in [0.2, 0.25) is 0 Å². The number of methoxy groups -OCH3 is 1. The minimum Gasteiger partial charge on any atom is -0.493 e. The van der Waals surface area contributed by atoms with E-state index in [0.717, 1.165) is 28.3 Å². The van der Waals surface area contributed by atoms with Gasteiger partial charge in [0, 0.05) is 18.9 Å². The lowest BCUT2D eigenvalue weighted by molar-refractivity contribution is 0.310. The molecule has 0 amide bonds. The number of anilines is 1. The summed E-state index contributed by atoms with van der Waals surface area (Å²) in [4.78, 5) is 4.16. The SMILES string of the molecule is CCOc1ccc(CNc2cncc(C)c2)cc1OC. The summed E-state index contributed by atoms with van der Waals surface area (Å²) in [5.74, 6) is 1.53. The topological polar surface area (TPSA) is 43.4 Å². The fourth-order valence-corrected chi connectivity index (χ4v) is 1.95. The lowest BCUT2D eigenvalue weighted by Gasteiger charge is -2.12. The average molecular weight is 272 g/mol. The first kappa shape index (κ1) is 14.2. The number of benzene rings is 1. The highest BCUT2D eigenvalue weighted by atomic mass is 16.5. The predicted molar refractivity (Wildman–Crippen MR) is 80.5 cm³/mol. The first-order valence-electron chi connectivity index (χ1n) is 6.68. The maximum Gasteiger partial charge on any atom is 0.161 e. The van der Waals surface area contributed by atoms with Gasteiger partial charge in [-0.05, 0) is 43.2 Å². The molecule has 0 saturated heterocycles. The molecule has 4 heteroatoms. The van der Waals surface area contributed by atoms with Crippen LogP contribution >= 0.6 is 0 Å². The first-order valence-corrected chi connectivity index (χ1v) is 6.68. The summed E-state index contributed by atoms with van der Waals surface area (Å²) in [6, 6.07) is 8.03. The Hall–Kier alpha value is -2.23. The lowest BCUT2D eigenvalue weighted by atomic mass is 10.2. The van der Waals surface area contributed by atoms with Crippen molar-refractivity contribution in [1.82, 2.24) is 4.98 Å². The Morgan fingerprint density at radius 2 is 2.00 bits per heavy atom. The van der Waals surface area contributed by atoms with Gasteiger partial charge in [0.15, 0.2) is 11.5 Å². The quantitative estimate of drug-likeness (QED) is 0.875. The Kier molecular flexibility index (Phi) is 4.82. The summed E-state index contributed by atoms with van der Waals surface area (Å²) in [5.41, 5.74) is 3.28. The van der Waals surface area contributed by atoms with Crippen molar-refractivity contribution in [2.75, 3.05) is 19.0 Å². The largest absolute Gasteiger partial charge is 0.493 e. The van der Waals surface area contributed by atoms with Gasteiger partial charge in [0.1, 0.15) is 0 Å². The number of pyridine rings is 1. The average Bonchev–Trinajstić information content (AvgIpc) is 2.46. The molecule has 1 heterocycles. The monoisotopic (exact) mass is 272 g/mol. The van der Waals surface area contributed by atoms with Gasteiger partial charge in [0.25, 0.3) is 0 Å². The summed E-state index contributed by atoms with van der Waals surface area (Å²) >= 11 is 0. The summed E-state index contributed by atoms with van der Waals surface area (Å²) in [6.45, 7) is 5.33. The van der Waals surface area contributed by atoms with E-state index in [0.29, 0.717) is 13.2 Å². The second kappa shape index (κ2) is 6.80. The van der Waals surface area contributed by atoms with Crippen molar-refractivity contribution in [1.29, 1.82) is 0 Å². The number of hydrogen-bond acceptors (Lipinski definition) is 4. The summed E-state index contributed by atoms with van der Waals surface area (Å²) in [5, 5.41) is 3.35. The standard InChI is InChI=1S/C16H20N2O2/c1-4-20-15-6-5-13(8-16(15)19-3)10-18-14-7-12(2)9-17-11-14/h5-9,11,18H,4,10H2,1-3H3. The molecule has 4 nitrogen and oxygen atoms in total. The van der Waals surface area contributed by atoms with E-state index in [4.69, 9.17) is 9.47 Å². The number of rotatable bonds is 6. The van der Waals surface area contributed by atoms with Gasteiger partial charge in [-0.25, -0.2) is 0 Å². The summed E-state index contributed by atoms with van der Waals surface area (Å²) in [7, 11) is 1.65. The van der Waals surface area contributed by atoms with Crippen LogP contribution < -0.4 is 14.8 Å². The molecule has 0 aliphatic rings. The van der Waals surface area contributed by atoms with Gasteiger partial charge in [-0.15, -0.1) is 0 Å². The zero-order chi connectivity index (χ0) is 14.4. The van der Waals surface area contributed by atoms with E-state index in [1.54, 1.807) is 7.11 Å². The molecule has 1 aromatic carbocycles. The third-order valence-electron chi connectivity index (χ3n) is 2.90. The Morgan fingerprint density at radius 3 is 2.70 bits per heavy atom. The molecule has 1 N–H and O–H groups in total. The minimum atomic E-state index is 0.628. The van der Waals surface area contributed by atoms with Gasteiger partial charge in [-0.2, -0.15) is 0 Å². The molecule has 20 heavy (non-hydrogen) atoms. The molecule has 2 aromatic rings. The molecule has 0 aliphatic carbocycles. The highest BCUT2D eigenvalue weighted by molar-refractivity contribution is 5.46. The molecular weight excluding hydrogens is 252 g/mol. The third kappa shape index (κ3) is 3.63. The number of aromatic nitrogens is 1. The van der Waals surface area contributed by atoms with Gasteiger partial charge in [0.05, 0.1) is 19.4 Å². The van der Waals surface area contributed by atoms with Crippen LogP contribution in [0.5, 0.6) is 11.5 Å². The van der Waals surface area contributed by atoms with Crippen LogP contribution in [0.3, 0.4) is 0 Å². The Labute approximate surface area is 119 Å². The molecule has 0 fully saturated rings. The number of hydrogen-bond donors (Lipinski definition) is 1. The van der Waals surface area contributed by atoms with Crippen molar-refractivity contribution in [3.63, 3.8) is 0 Å². The maximum atomic E-state index is 5.51. The van der Waals surface area contributed by atoms with Crippen LogP contribution in [0.25, 0.3) is 0 Å². The van der Waals surface area contributed by atoms with Crippen LogP contribution in [-0.4, -0.2) is 18.7 Å². The van der Waals surface area contributed by atoms with Crippen molar-refractivity contribution >= 4 is 5.69 Å². The van der Waals surface area contributed by atoms with Crippen LogP contribution in [0.4, 0.5) is 5.69 Å². The van der Waals surface area contributed by atoms with E-state index in [9.17, 15) is 0 Å². The molecule has 1 aromatic heterocycles. The van der Waals surface area contributed by atoms with E-state index in [1.807, 2.05) is 44.4 Å². The smallest absolute Gasteiger partial charge is 0.161 e. The second-order valence-electron chi connectivity index (χ2n) is 4.52. The highest BCUT2D eigenvalue weighted by Crippen LogP contribution is 2.28. The molecule has 2 rings (SSSR count). The maximum absolute atomic E-state index is 5.51. The van der Waals surface area contributed by atoms with Gasteiger partial charge in [0.2, 0.25) is 0 Å². The fraction of sp³-hybridized carbons (Fsp3) is 0.312. The van der Waals surface area contributed by atoms with Gasteiger partial charge < -0.3 is 14.8 Å². The van der Waals surface area contributed by atoms with Crippen molar-refractivity contribution < 1.29 is 9.47 Å². The van der Waals surface area contributed by atoms with E-state index in [1.165, 1.54) is 0 Å².